The molecule has 0 radical (unpaired) electrons. The Bertz CT molecular complexity index is 505. The van der Waals surface area contributed by atoms with E-state index in [1.807, 2.05) is 11.9 Å². The summed E-state index contributed by atoms with van der Waals surface area (Å²) in [7, 11) is 1.98. The van der Waals surface area contributed by atoms with Crippen molar-refractivity contribution in [1.82, 2.24) is 10.2 Å². The molecule has 4 nitrogen and oxygen atoms in total. The first-order valence-corrected chi connectivity index (χ1v) is 8.77. The Morgan fingerprint density at radius 2 is 2.18 bits per heavy atom. The maximum absolute atomic E-state index is 12.2. The average Bonchev–Trinajstić information content (AvgIpc) is 2.50. The second-order valence-corrected chi connectivity index (χ2v) is 6.85. The third-order valence-electron chi connectivity index (χ3n) is 3.93. The minimum atomic E-state index is 0.174. The molecule has 0 spiro atoms. The number of rotatable bonds is 6. The van der Waals surface area contributed by atoms with Gasteiger partial charge in [0.1, 0.15) is 5.75 Å². The van der Waals surface area contributed by atoms with Crippen molar-refractivity contribution in [3.05, 3.63) is 27.7 Å². The summed E-state index contributed by atoms with van der Waals surface area (Å²) < 4.78 is 6.46. The molecule has 1 aliphatic rings. The molecule has 1 amide bonds. The molecular weight excluding hydrogens is 368 g/mol. The van der Waals surface area contributed by atoms with Gasteiger partial charge in [0.15, 0.2) is 0 Å². The maximum atomic E-state index is 12.2. The highest BCUT2D eigenvalue weighted by Gasteiger charge is 2.22. The van der Waals surface area contributed by atoms with Crippen LogP contribution in [0.5, 0.6) is 5.75 Å². The number of carbonyl (C=O) groups is 1. The second-order valence-electron chi connectivity index (χ2n) is 5.56. The Morgan fingerprint density at radius 1 is 1.45 bits per heavy atom. The predicted octanol–water partition coefficient (Wildman–Crippen LogP) is 3.33. The lowest BCUT2D eigenvalue weighted by Gasteiger charge is -2.32. The number of likely N-dealkylation sites (tertiary alicyclic amines) is 1. The third-order valence-corrected chi connectivity index (χ3v) is 4.78. The van der Waals surface area contributed by atoms with E-state index >= 15 is 0 Å². The molecule has 0 unspecified atom stereocenters. The van der Waals surface area contributed by atoms with Gasteiger partial charge >= 0.3 is 0 Å². The Labute approximate surface area is 145 Å². The Kier molecular flexibility index (Phi) is 6.99. The molecule has 1 heterocycles. The van der Waals surface area contributed by atoms with Crippen LogP contribution in [0.3, 0.4) is 0 Å². The molecule has 122 valence electrons. The number of piperidine rings is 1. The van der Waals surface area contributed by atoms with Crippen molar-refractivity contribution in [1.29, 1.82) is 0 Å². The molecule has 1 N–H and O–H groups in total. The van der Waals surface area contributed by atoms with E-state index in [4.69, 9.17) is 16.3 Å². The average molecular weight is 390 g/mol. The van der Waals surface area contributed by atoms with Crippen LogP contribution in [0.2, 0.25) is 5.02 Å². The fourth-order valence-corrected chi connectivity index (χ4v) is 3.47. The number of ether oxygens (including phenoxy) is 1. The standard InChI is InChI=1S/C16H22BrClN2O2/c1-19-11-12-4-7-20(8-5-12)16(21)6-9-22-15-3-2-13(18)10-14(15)17/h2-3,10,12,19H,4-9,11H2,1H3. The first-order valence-electron chi connectivity index (χ1n) is 7.60. The SMILES string of the molecule is CNCC1CCN(C(=O)CCOc2ccc(Cl)cc2Br)CC1. The minimum Gasteiger partial charge on any atom is -0.492 e. The van der Waals surface area contributed by atoms with Crippen molar-refractivity contribution in [3.63, 3.8) is 0 Å². The van der Waals surface area contributed by atoms with Crippen LogP contribution in [0.25, 0.3) is 0 Å². The summed E-state index contributed by atoms with van der Waals surface area (Å²) in [4.78, 5) is 14.1. The number of benzene rings is 1. The van der Waals surface area contributed by atoms with Crippen LogP contribution in [0.15, 0.2) is 22.7 Å². The predicted molar refractivity (Wildman–Crippen MR) is 92.5 cm³/mol. The Morgan fingerprint density at radius 3 is 2.82 bits per heavy atom. The number of hydrogen-bond donors (Lipinski definition) is 1. The van der Waals surface area contributed by atoms with E-state index in [9.17, 15) is 4.79 Å². The van der Waals surface area contributed by atoms with E-state index in [2.05, 4.69) is 21.2 Å². The molecule has 0 saturated carbocycles. The Balaban J connectivity index is 1.72. The van der Waals surface area contributed by atoms with Gasteiger partial charge in [-0.05, 0) is 66.5 Å². The Hall–Kier alpha value is -0.780. The lowest BCUT2D eigenvalue weighted by atomic mass is 9.97. The van der Waals surface area contributed by atoms with Gasteiger partial charge < -0.3 is 15.0 Å². The molecule has 1 aliphatic heterocycles. The van der Waals surface area contributed by atoms with E-state index in [0.717, 1.165) is 36.9 Å². The lowest BCUT2D eigenvalue weighted by Crippen LogP contribution is -2.40. The van der Waals surface area contributed by atoms with E-state index in [1.165, 1.54) is 0 Å². The highest BCUT2D eigenvalue weighted by atomic mass is 79.9. The summed E-state index contributed by atoms with van der Waals surface area (Å²) in [5.74, 6) is 1.58. The summed E-state index contributed by atoms with van der Waals surface area (Å²) >= 11 is 9.29. The quantitative estimate of drug-likeness (QED) is 0.811. The van der Waals surface area contributed by atoms with Gasteiger partial charge in [-0.2, -0.15) is 0 Å². The van der Waals surface area contributed by atoms with Crippen molar-refractivity contribution in [2.24, 2.45) is 5.92 Å². The lowest BCUT2D eigenvalue weighted by molar-refractivity contribution is -0.133. The van der Waals surface area contributed by atoms with Crippen LogP contribution < -0.4 is 10.1 Å². The highest BCUT2D eigenvalue weighted by Crippen LogP contribution is 2.28. The van der Waals surface area contributed by atoms with Gasteiger partial charge in [0.05, 0.1) is 17.5 Å². The van der Waals surface area contributed by atoms with Gasteiger partial charge in [-0.15, -0.1) is 0 Å². The molecule has 1 aromatic carbocycles. The van der Waals surface area contributed by atoms with E-state index in [-0.39, 0.29) is 5.91 Å². The number of carbonyl (C=O) groups excluding carboxylic acids is 1. The zero-order valence-electron chi connectivity index (χ0n) is 12.8. The monoisotopic (exact) mass is 388 g/mol. The van der Waals surface area contributed by atoms with Crippen LogP contribution in [-0.2, 0) is 4.79 Å². The zero-order valence-corrected chi connectivity index (χ0v) is 15.1. The van der Waals surface area contributed by atoms with Crippen molar-refractivity contribution < 1.29 is 9.53 Å². The van der Waals surface area contributed by atoms with Gasteiger partial charge in [-0.25, -0.2) is 0 Å². The molecular formula is C16H22BrClN2O2. The summed E-state index contributed by atoms with van der Waals surface area (Å²) in [6.45, 7) is 3.14. The topological polar surface area (TPSA) is 41.6 Å². The number of nitrogens with one attached hydrogen (secondary N) is 1. The molecule has 6 heteroatoms. The molecule has 0 aliphatic carbocycles. The van der Waals surface area contributed by atoms with Gasteiger partial charge in [0.25, 0.3) is 0 Å². The highest BCUT2D eigenvalue weighted by molar-refractivity contribution is 9.10. The molecule has 1 aromatic rings. The zero-order chi connectivity index (χ0) is 15.9. The molecule has 0 atom stereocenters. The summed E-state index contributed by atoms with van der Waals surface area (Å²) in [5, 5.41) is 3.86. The second kappa shape index (κ2) is 8.75. The van der Waals surface area contributed by atoms with Crippen LogP contribution in [-0.4, -0.2) is 44.1 Å². The van der Waals surface area contributed by atoms with Gasteiger partial charge in [-0.1, -0.05) is 11.6 Å². The van der Waals surface area contributed by atoms with Crippen LogP contribution in [0.4, 0.5) is 0 Å². The van der Waals surface area contributed by atoms with Gasteiger partial charge in [-0.3, -0.25) is 4.79 Å². The molecule has 1 fully saturated rings. The fourth-order valence-electron chi connectivity index (χ4n) is 2.67. The van der Waals surface area contributed by atoms with E-state index in [1.54, 1.807) is 18.2 Å². The molecule has 1 saturated heterocycles. The molecule has 0 aromatic heterocycles. The van der Waals surface area contributed by atoms with Crippen molar-refractivity contribution in [2.45, 2.75) is 19.3 Å². The van der Waals surface area contributed by atoms with E-state index in [0.29, 0.717) is 29.7 Å². The first-order chi connectivity index (χ1) is 10.6. The smallest absolute Gasteiger partial charge is 0.225 e. The number of halogens is 2. The summed E-state index contributed by atoms with van der Waals surface area (Å²) in [5.41, 5.74) is 0. The first kappa shape index (κ1) is 17.6. The van der Waals surface area contributed by atoms with Crippen molar-refractivity contribution in [2.75, 3.05) is 33.3 Å². The number of hydrogen-bond acceptors (Lipinski definition) is 3. The van der Waals surface area contributed by atoms with Crippen molar-refractivity contribution >= 4 is 33.4 Å². The van der Waals surface area contributed by atoms with Crippen LogP contribution >= 0.6 is 27.5 Å². The van der Waals surface area contributed by atoms with E-state index < -0.39 is 0 Å². The van der Waals surface area contributed by atoms with Gasteiger partial charge in [0.2, 0.25) is 5.91 Å². The molecule has 2 rings (SSSR count). The van der Waals surface area contributed by atoms with Crippen LogP contribution in [0, 0.1) is 5.92 Å². The summed E-state index contributed by atoms with van der Waals surface area (Å²) in [6, 6.07) is 5.36. The fraction of sp³-hybridized carbons (Fsp3) is 0.562. The number of amides is 1. The maximum Gasteiger partial charge on any atom is 0.225 e. The number of nitrogens with zero attached hydrogens (tertiary/aromatic N) is 1. The van der Waals surface area contributed by atoms with Gasteiger partial charge in [0, 0.05) is 18.1 Å². The summed E-state index contributed by atoms with van der Waals surface area (Å²) in [6.07, 6.45) is 2.57. The normalized spacial score (nSPS) is 15.9. The molecule has 22 heavy (non-hydrogen) atoms. The largest absolute Gasteiger partial charge is 0.492 e. The minimum absolute atomic E-state index is 0.174. The van der Waals surface area contributed by atoms with Crippen LogP contribution in [0.1, 0.15) is 19.3 Å². The molecule has 0 bridgehead atoms. The third kappa shape index (κ3) is 5.14. The van der Waals surface area contributed by atoms with Crippen molar-refractivity contribution in [3.8, 4) is 5.75 Å².